The van der Waals surface area contributed by atoms with Gasteiger partial charge in [-0.05, 0) is 30.4 Å². The molecule has 1 fully saturated rings. The second kappa shape index (κ2) is 5.52. The number of nitrogens with two attached hydrogens (primary N) is 1. The van der Waals surface area contributed by atoms with Gasteiger partial charge in [-0.15, -0.1) is 0 Å². The van der Waals surface area contributed by atoms with Crippen molar-refractivity contribution in [2.45, 2.75) is 39.2 Å². The van der Waals surface area contributed by atoms with E-state index in [2.05, 4.69) is 13.8 Å². The first-order valence-electron chi connectivity index (χ1n) is 7.12. The lowest BCUT2D eigenvalue weighted by Gasteiger charge is -2.43. The van der Waals surface area contributed by atoms with Crippen LogP contribution < -0.4 is 5.73 Å². The van der Waals surface area contributed by atoms with Gasteiger partial charge in [0.1, 0.15) is 5.82 Å². The fraction of sp³-hybridized carbons (Fsp3) is 0.562. The van der Waals surface area contributed by atoms with Crippen molar-refractivity contribution < 1.29 is 9.18 Å². The number of nitrogens with zero attached hydrogens (tertiary/aromatic N) is 1. The molecule has 1 aromatic rings. The van der Waals surface area contributed by atoms with Crippen LogP contribution in [-0.2, 0) is 4.79 Å². The summed E-state index contributed by atoms with van der Waals surface area (Å²) >= 11 is 0. The highest BCUT2D eigenvalue weighted by molar-refractivity contribution is 5.83. The molecule has 1 aliphatic heterocycles. The molecule has 2 atom stereocenters. The predicted octanol–water partition coefficient (Wildman–Crippen LogP) is 2.52. The Balaban J connectivity index is 2.14. The molecule has 0 bridgehead atoms. The average molecular weight is 278 g/mol. The fourth-order valence-corrected chi connectivity index (χ4v) is 2.80. The highest BCUT2D eigenvalue weighted by Crippen LogP contribution is 2.30. The van der Waals surface area contributed by atoms with E-state index < -0.39 is 5.92 Å². The number of amides is 1. The van der Waals surface area contributed by atoms with Crippen molar-refractivity contribution in [2.75, 3.05) is 13.1 Å². The topological polar surface area (TPSA) is 46.3 Å². The van der Waals surface area contributed by atoms with Gasteiger partial charge < -0.3 is 10.6 Å². The molecule has 4 heteroatoms. The normalized spacial score (nSPS) is 23.4. The van der Waals surface area contributed by atoms with Crippen LogP contribution in [0.2, 0.25) is 0 Å². The lowest BCUT2D eigenvalue weighted by Crippen LogP contribution is -2.54. The summed E-state index contributed by atoms with van der Waals surface area (Å²) < 4.78 is 13.8. The summed E-state index contributed by atoms with van der Waals surface area (Å²) in [5.41, 5.74) is 6.46. The van der Waals surface area contributed by atoms with Crippen LogP contribution in [0.25, 0.3) is 0 Å². The maximum absolute atomic E-state index is 13.8. The van der Waals surface area contributed by atoms with E-state index in [1.165, 1.54) is 6.07 Å². The number of benzene rings is 1. The monoisotopic (exact) mass is 278 g/mol. The SMILES string of the molecule is CC(C(=O)N1CCC(N)C(C)(C)C1)c1ccccc1F. The second-order valence-corrected chi connectivity index (χ2v) is 6.39. The number of likely N-dealkylation sites (tertiary alicyclic amines) is 1. The third-order valence-corrected chi connectivity index (χ3v) is 4.37. The molecule has 1 aliphatic rings. The lowest BCUT2D eigenvalue weighted by molar-refractivity contribution is -0.135. The molecule has 0 spiro atoms. The molecule has 20 heavy (non-hydrogen) atoms. The van der Waals surface area contributed by atoms with Crippen LogP contribution in [0, 0.1) is 11.2 Å². The third kappa shape index (κ3) is 2.85. The van der Waals surface area contributed by atoms with Crippen LogP contribution in [0.15, 0.2) is 24.3 Å². The summed E-state index contributed by atoms with van der Waals surface area (Å²) in [6, 6.07) is 6.58. The van der Waals surface area contributed by atoms with Crippen molar-refractivity contribution in [2.24, 2.45) is 11.1 Å². The summed E-state index contributed by atoms with van der Waals surface area (Å²) in [5, 5.41) is 0. The first-order valence-corrected chi connectivity index (χ1v) is 7.12. The number of rotatable bonds is 2. The van der Waals surface area contributed by atoms with Crippen molar-refractivity contribution in [3.05, 3.63) is 35.6 Å². The van der Waals surface area contributed by atoms with Crippen molar-refractivity contribution >= 4 is 5.91 Å². The Labute approximate surface area is 120 Å². The van der Waals surface area contributed by atoms with Crippen LogP contribution >= 0.6 is 0 Å². The molecule has 1 saturated heterocycles. The molecule has 1 amide bonds. The standard InChI is InChI=1S/C16H23FN2O/c1-11(12-6-4-5-7-13(12)17)15(20)19-9-8-14(18)16(2,3)10-19/h4-7,11,14H,8-10,18H2,1-3H3. The Kier molecular flexibility index (Phi) is 4.14. The molecule has 0 aliphatic carbocycles. The van der Waals surface area contributed by atoms with Gasteiger partial charge in [0, 0.05) is 19.1 Å². The van der Waals surface area contributed by atoms with Gasteiger partial charge in [-0.1, -0.05) is 32.0 Å². The summed E-state index contributed by atoms with van der Waals surface area (Å²) in [7, 11) is 0. The highest BCUT2D eigenvalue weighted by Gasteiger charge is 2.36. The Morgan fingerprint density at radius 3 is 2.70 bits per heavy atom. The van der Waals surface area contributed by atoms with E-state index in [9.17, 15) is 9.18 Å². The maximum Gasteiger partial charge on any atom is 0.229 e. The second-order valence-electron chi connectivity index (χ2n) is 6.39. The van der Waals surface area contributed by atoms with Gasteiger partial charge in [-0.25, -0.2) is 4.39 Å². The predicted molar refractivity (Wildman–Crippen MR) is 77.8 cm³/mol. The van der Waals surface area contributed by atoms with Gasteiger partial charge in [-0.3, -0.25) is 4.79 Å². The largest absolute Gasteiger partial charge is 0.342 e. The van der Waals surface area contributed by atoms with E-state index in [0.717, 1.165) is 6.42 Å². The Morgan fingerprint density at radius 1 is 1.45 bits per heavy atom. The minimum Gasteiger partial charge on any atom is -0.342 e. The van der Waals surface area contributed by atoms with E-state index in [1.54, 1.807) is 25.1 Å². The van der Waals surface area contributed by atoms with Crippen LogP contribution in [0.3, 0.4) is 0 Å². The maximum atomic E-state index is 13.8. The fourth-order valence-electron chi connectivity index (χ4n) is 2.80. The van der Waals surface area contributed by atoms with Crippen molar-refractivity contribution in [1.82, 2.24) is 4.90 Å². The first-order chi connectivity index (χ1) is 9.33. The third-order valence-electron chi connectivity index (χ3n) is 4.37. The molecule has 0 saturated carbocycles. The number of hydrogen-bond donors (Lipinski definition) is 1. The number of halogens is 1. The smallest absolute Gasteiger partial charge is 0.229 e. The summed E-state index contributed by atoms with van der Waals surface area (Å²) in [4.78, 5) is 14.4. The molecule has 0 radical (unpaired) electrons. The molecule has 1 aromatic carbocycles. The van der Waals surface area contributed by atoms with E-state index in [-0.39, 0.29) is 23.2 Å². The molecule has 0 aromatic heterocycles. The van der Waals surface area contributed by atoms with E-state index >= 15 is 0 Å². The molecular formula is C16H23FN2O. The lowest BCUT2D eigenvalue weighted by atomic mass is 9.79. The first kappa shape index (κ1) is 15.0. The van der Waals surface area contributed by atoms with Crippen LogP contribution in [0.4, 0.5) is 4.39 Å². The van der Waals surface area contributed by atoms with Crippen LogP contribution in [0.5, 0.6) is 0 Å². The molecule has 3 nitrogen and oxygen atoms in total. The molecule has 1 heterocycles. The molecule has 2 N–H and O–H groups in total. The molecule has 2 unspecified atom stereocenters. The minimum atomic E-state index is -0.457. The van der Waals surface area contributed by atoms with Gasteiger partial charge in [-0.2, -0.15) is 0 Å². The summed E-state index contributed by atoms with van der Waals surface area (Å²) in [5.74, 6) is -0.794. The minimum absolute atomic E-state index is 0.0184. The van der Waals surface area contributed by atoms with Gasteiger partial charge in [0.2, 0.25) is 5.91 Å². The quantitative estimate of drug-likeness (QED) is 0.903. The number of piperidine rings is 1. The van der Waals surface area contributed by atoms with Gasteiger partial charge in [0.05, 0.1) is 5.92 Å². The zero-order chi connectivity index (χ0) is 14.9. The Morgan fingerprint density at radius 2 is 2.10 bits per heavy atom. The highest BCUT2D eigenvalue weighted by atomic mass is 19.1. The van der Waals surface area contributed by atoms with Crippen LogP contribution in [-0.4, -0.2) is 29.9 Å². The van der Waals surface area contributed by atoms with Crippen molar-refractivity contribution in [3.63, 3.8) is 0 Å². The van der Waals surface area contributed by atoms with Gasteiger partial charge in [0.25, 0.3) is 0 Å². The summed E-state index contributed by atoms with van der Waals surface area (Å²) in [6.45, 7) is 7.20. The molecule has 110 valence electrons. The average Bonchev–Trinajstić information content (AvgIpc) is 2.41. The Hall–Kier alpha value is -1.42. The number of carbonyl (C=O) groups is 1. The molecule has 2 rings (SSSR count). The zero-order valence-corrected chi connectivity index (χ0v) is 12.4. The number of carbonyl (C=O) groups excluding carboxylic acids is 1. The van der Waals surface area contributed by atoms with Crippen LogP contribution in [0.1, 0.15) is 38.7 Å². The van der Waals surface area contributed by atoms with Crippen molar-refractivity contribution in [1.29, 1.82) is 0 Å². The summed E-state index contributed by atoms with van der Waals surface area (Å²) in [6.07, 6.45) is 0.794. The molecular weight excluding hydrogens is 255 g/mol. The zero-order valence-electron chi connectivity index (χ0n) is 12.4. The van der Waals surface area contributed by atoms with E-state index in [0.29, 0.717) is 18.7 Å². The van der Waals surface area contributed by atoms with E-state index in [1.807, 2.05) is 4.90 Å². The van der Waals surface area contributed by atoms with Crippen molar-refractivity contribution in [3.8, 4) is 0 Å². The number of hydrogen-bond acceptors (Lipinski definition) is 2. The Bertz CT molecular complexity index is 501. The van der Waals surface area contributed by atoms with Gasteiger partial charge in [0.15, 0.2) is 0 Å². The van der Waals surface area contributed by atoms with Gasteiger partial charge >= 0.3 is 0 Å². The van der Waals surface area contributed by atoms with E-state index in [4.69, 9.17) is 5.73 Å².